The van der Waals surface area contributed by atoms with Gasteiger partial charge in [-0.1, -0.05) is 0 Å². The van der Waals surface area contributed by atoms with Gasteiger partial charge in [0.1, 0.15) is 6.61 Å². The first-order valence-electron chi connectivity index (χ1n) is 4.94. The first-order valence-corrected chi connectivity index (χ1v) is 4.94. The second-order valence-corrected chi connectivity index (χ2v) is 3.29. The number of rotatable bonds is 2. The van der Waals surface area contributed by atoms with Crippen LogP contribution in [0.2, 0.25) is 0 Å². The van der Waals surface area contributed by atoms with Crippen molar-refractivity contribution in [1.29, 1.82) is 0 Å². The summed E-state index contributed by atoms with van der Waals surface area (Å²) in [6.07, 6.45) is -0.476. The van der Waals surface area contributed by atoms with Crippen molar-refractivity contribution in [2.75, 3.05) is 11.9 Å². The van der Waals surface area contributed by atoms with Crippen LogP contribution in [0.25, 0.3) is 0 Å². The molecule has 1 aromatic carbocycles. The van der Waals surface area contributed by atoms with E-state index >= 15 is 0 Å². The van der Waals surface area contributed by atoms with Crippen LogP contribution in [-0.4, -0.2) is 18.7 Å². The van der Waals surface area contributed by atoms with Crippen LogP contribution < -0.4 is 5.32 Å². The highest BCUT2D eigenvalue weighted by atomic mass is 16.6. The fraction of sp³-hybridized carbons (Fsp3) is 0.273. The van der Waals surface area contributed by atoms with Gasteiger partial charge in [-0.05, 0) is 25.1 Å². The molecule has 0 spiro atoms. The van der Waals surface area contributed by atoms with Gasteiger partial charge >= 0.3 is 12.1 Å². The zero-order valence-electron chi connectivity index (χ0n) is 8.78. The Morgan fingerprint density at radius 3 is 3.12 bits per heavy atom. The average molecular weight is 221 g/mol. The Balaban J connectivity index is 2.26. The summed E-state index contributed by atoms with van der Waals surface area (Å²) < 4.78 is 9.67. The SMILES string of the molecule is CCOC(=O)c1ccc2c(c1)COC(=O)N2. The zero-order chi connectivity index (χ0) is 11.5. The minimum absolute atomic E-state index is 0.175. The van der Waals surface area contributed by atoms with Gasteiger partial charge in [-0.15, -0.1) is 0 Å². The van der Waals surface area contributed by atoms with Crippen LogP contribution in [0.5, 0.6) is 0 Å². The number of fused-ring (bicyclic) bond motifs is 1. The van der Waals surface area contributed by atoms with Gasteiger partial charge in [0.15, 0.2) is 0 Å². The van der Waals surface area contributed by atoms with Crippen LogP contribution in [0.15, 0.2) is 18.2 Å². The summed E-state index contributed by atoms with van der Waals surface area (Å²) in [4.78, 5) is 22.4. The summed E-state index contributed by atoms with van der Waals surface area (Å²) in [5.74, 6) is -0.373. The molecule has 0 atom stereocenters. The normalized spacial score (nSPS) is 13.4. The van der Waals surface area contributed by atoms with E-state index in [0.717, 1.165) is 5.56 Å². The largest absolute Gasteiger partial charge is 0.462 e. The number of ether oxygens (including phenoxy) is 2. The molecule has 1 aromatic rings. The lowest BCUT2D eigenvalue weighted by atomic mass is 10.1. The summed E-state index contributed by atoms with van der Waals surface area (Å²) in [7, 11) is 0. The Morgan fingerprint density at radius 2 is 2.38 bits per heavy atom. The molecule has 0 fully saturated rings. The van der Waals surface area contributed by atoms with Crippen LogP contribution in [0.4, 0.5) is 10.5 Å². The van der Waals surface area contributed by atoms with Crippen molar-refractivity contribution in [2.45, 2.75) is 13.5 Å². The molecule has 1 aliphatic rings. The fourth-order valence-corrected chi connectivity index (χ4v) is 1.47. The molecule has 1 heterocycles. The van der Waals surface area contributed by atoms with Gasteiger partial charge in [-0.3, -0.25) is 5.32 Å². The molecule has 84 valence electrons. The number of nitrogens with one attached hydrogen (secondary N) is 1. The van der Waals surface area contributed by atoms with Crippen molar-refractivity contribution in [3.8, 4) is 0 Å². The maximum Gasteiger partial charge on any atom is 0.411 e. The fourth-order valence-electron chi connectivity index (χ4n) is 1.47. The molecule has 0 saturated heterocycles. The van der Waals surface area contributed by atoms with E-state index in [-0.39, 0.29) is 12.6 Å². The highest BCUT2D eigenvalue weighted by Crippen LogP contribution is 2.22. The Bertz CT molecular complexity index is 442. The third kappa shape index (κ3) is 1.98. The van der Waals surface area contributed by atoms with Gasteiger partial charge in [0, 0.05) is 5.56 Å². The summed E-state index contributed by atoms with van der Waals surface area (Å²) in [6.45, 7) is 2.26. The number of carbonyl (C=O) groups is 2. The van der Waals surface area contributed by atoms with E-state index in [1.165, 1.54) is 0 Å². The van der Waals surface area contributed by atoms with Crippen molar-refractivity contribution >= 4 is 17.7 Å². The first kappa shape index (κ1) is 10.5. The van der Waals surface area contributed by atoms with E-state index < -0.39 is 6.09 Å². The number of hydrogen-bond donors (Lipinski definition) is 1. The third-order valence-corrected chi connectivity index (χ3v) is 2.21. The molecule has 0 radical (unpaired) electrons. The third-order valence-electron chi connectivity index (χ3n) is 2.21. The van der Waals surface area contributed by atoms with Crippen LogP contribution in [-0.2, 0) is 16.1 Å². The molecule has 0 bridgehead atoms. The zero-order valence-corrected chi connectivity index (χ0v) is 8.78. The number of esters is 1. The minimum Gasteiger partial charge on any atom is -0.462 e. The molecule has 16 heavy (non-hydrogen) atoms. The van der Waals surface area contributed by atoms with Crippen molar-refractivity contribution in [3.63, 3.8) is 0 Å². The highest BCUT2D eigenvalue weighted by molar-refractivity contribution is 5.92. The molecule has 5 heteroatoms. The molecule has 2 rings (SSSR count). The minimum atomic E-state index is -0.476. The Hall–Kier alpha value is -2.04. The highest BCUT2D eigenvalue weighted by Gasteiger charge is 2.17. The number of cyclic esters (lactones) is 1. The van der Waals surface area contributed by atoms with Gasteiger partial charge in [0.2, 0.25) is 0 Å². The van der Waals surface area contributed by atoms with Crippen LogP contribution in [0.1, 0.15) is 22.8 Å². The molecule has 5 nitrogen and oxygen atoms in total. The monoisotopic (exact) mass is 221 g/mol. The van der Waals surface area contributed by atoms with Crippen molar-refractivity contribution in [3.05, 3.63) is 29.3 Å². The van der Waals surface area contributed by atoms with E-state index in [0.29, 0.717) is 17.9 Å². The summed E-state index contributed by atoms with van der Waals surface area (Å²) in [6, 6.07) is 4.94. The number of carbonyl (C=O) groups excluding carboxylic acids is 2. The maximum absolute atomic E-state index is 11.4. The lowest BCUT2D eigenvalue weighted by Gasteiger charge is -2.17. The van der Waals surface area contributed by atoms with Crippen LogP contribution in [0.3, 0.4) is 0 Å². The first-order chi connectivity index (χ1) is 7.70. The van der Waals surface area contributed by atoms with Gasteiger partial charge < -0.3 is 9.47 Å². The molecular weight excluding hydrogens is 210 g/mol. The lowest BCUT2D eigenvalue weighted by molar-refractivity contribution is 0.0526. The summed E-state index contributed by atoms with van der Waals surface area (Å²) in [5.41, 5.74) is 1.90. The van der Waals surface area contributed by atoms with E-state index in [1.54, 1.807) is 25.1 Å². The van der Waals surface area contributed by atoms with Crippen molar-refractivity contribution in [1.82, 2.24) is 0 Å². The second kappa shape index (κ2) is 4.22. The average Bonchev–Trinajstić information content (AvgIpc) is 2.28. The summed E-state index contributed by atoms with van der Waals surface area (Å²) >= 11 is 0. The number of benzene rings is 1. The van der Waals surface area contributed by atoms with Crippen molar-refractivity contribution < 1.29 is 19.1 Å². The molecular formula is C11H11NO4. The van der Waals surface area contributed by atoms with Crippen molar-refractivity contribution in [2.24, 2.45) is 0 Å². The van der Waals surface area contributed by atoms with E-state index in [2.05, 4.69) is 5.32 Å². The van der Waals surface area contributed by atoms with Gasteiger partial charge in [0.05, 0.1) is 17.9 Å². The van der Waals surface area contributed by atoms with Gasteiger partial charge in [0.25, 0.3) is 0 Å². The smallest absolute Gasteiger partial charge is 0.411 e. The molecule has 1 N–H and O–H groups in total. The van der Waals surface area contributed by atoms with Crippen LogP contribution in [0, 0.1) is 0 Å². The maximum atomic E-state index is 11.4. The second-order valence-electron chi connectivity index (χ2n) is 3.29. The molecule has 0 saturated carbocycles. The molecule has 1 aliphatic heterocycles. The quantitative estimate of drug-likeness (QED) is 0.775. The molecule has 0 unspecified atom stereocenters. The molecule has 0 aliphatic carbocycles. The van der Waals surface area contributed by atoms with E-state index in [4.69, 9.17) is 9.47 Å². The number of hydrogen-bond acceptors (Lipinski definition) is 4. The lowest BCUT2D eigenvalue weighted by Crippen LogP contribution is -2.20. The Kier molecular flexibility index (Phi) is 2.76. The summed E-state index contributed by atoms with van der Waals surface area (Å²) in [5, 5.41) is 2.54. The van der Waals surface area contributed by atoms with E-state index in [9.17, 15) is 9.59 Å². The topological polar surface area (TPSA) is 64.6 Å². The Morgan fingerprint density at radius 1 is 1.56 bits per heavy atom. The standard InChI is InChI=1S/C11H11NO4/c1-2-15-10(13)7-3-4-9-8(5-7)6-16-11(14)12-9/h3-5H,2,6H2,1H3,(H,12,14). The number of anilines is 1. The van der Waals surface area contributed by atoms with Gasteiger partial charge in [-0.25, -0.2) is 9.59 Å². The predicted octanol–water partition coefficient (Wildman–Crippen LogP) is 1.93. The predicted molar refractivity (Wildman–Crippen MR) is 56.2 cm³/mol. The molecule has 0 aromatic heterocycles. The Labute approximate surface area is 92.4 Å². The molecule has 1 amide bonds. The number of amides is 1. The van der Waals surface area contributed by atoms with Crippen LogP contribution >= 0.6 is 0 Å². The van der Waals surface area contributed by atoms with E-state index in [1.807, 2.05) is 0 Å². The van der Waals surface area contributed by atoms with Gasteiger partial charge in [-0.2, -0.15) is 0 Å².